The zero-order valence-electron chi connectivity index (χ0n) is 9.31. The van der Waals surface area contributed by atoms with Crippen LogP contribution in [0.15, 0.2) is 0 Å². The van der Waals surface area contributed by atoms with Crippen molar-refractivity contribution >= 4 is 19.6 Å². The van der Waals surface area contributed by atoms with Crippen LogP contribution in [0, 0.1) is 0 Å². The van der Waals surface area contributed by atoms with Gasteiger partial charge in [-0.05, 0) is 0 Å². The molecule has 0 aliphatic heterocycles. The number of carboxylic acids is 1. The minimum atomic E-state index is -4.20. The Balaban J connectivity index is -0.000000845. The van der Waals surface area contributed by atoms with E-state index in [0.717, 1.165) is 7.11 Å². The van der Waals surface area contributed by atoms with E-state index in [1.807, 2.05) is 5.32 Å². The first-order valence-corrected chi connectivity index (χ1v) is 5.00. The number of aliphatic carboxylic acids is 1. The summed E-state index contributed by atoms with van der Waals surface area (Å²) in [4.78, 5) is 31.2. The molecule has 1 unspecified atom stereocenters. The van der Waals surface area contributed by atoms with Gasteiger partial charge < -0.3 is 24.6 Å². The standard InChI is InChI=1S/C5H11N2O6P.2Na/c1-13-14(11,12)7-2-4(8)6-3-5(9)10;;/h2-3H2,1H3,(H,6,8)(H,9,10)(H2,7,11,12);;/q;2*+1/p-2. The van der Waals surface area contributed by atoms with E-state index in [0.29, 0.717) is 0 Å². The van der Waals surface area contributed by atoms with Gasteiger partial charge in [-0.1, -0.05) is 0 Å². The molecule has 8 nitrogen and oxygen atoms in total. The molecular formula is C5H9N2Na2O6P. The minimum Gasteiger partial charge on any atom is -0.766 e. The maximum absolute atomic E-state index is 10.7. The molecule has 0 rings (SSSR count). The van der Waals surface area contributed by atoms with Crippen LogP contribution in [0.2, 0.25) is 0 Å². The SMILES string of the molecule is COP(=O)([O-])NCC(=O)NCC(=O)[O-].[Na+].[Na+]. The van der Waals surface area contributed by atoms with Gasteiger partial charge in [-0.3, -0.25) is 9.36 Å². The summed E-state index contributed by atoms with van der Waals surface area (Å²) in [6.45, 7) is -1.25. The third kappa shape index (κ3) is 13.1. The smallest absolute Gasteiger partial charge is 0.766 e. The summed E-state index contributed by atoms with van der Waals surface area (Å²) in [6, 6.07) is 0. The molecule has 0 aromatic carbocycles. The zero-order chi connectivity index (χ0) is 11.2. The average molecular weight is 270 g/mol. The topological polar surface area (TPSA) is 131 Å². The number of rotatable bonds is 6. The second-order valence-corrected chi connectivity index (χ2v) is 3.84. The van der Waals surface area contributed by atoms with Crippen molar-refractivity contribution in [2.75, 3.05) is 20.2 Å². The molecule has 1 atom stereocenters. The fourth-order valence-corrected chi connectivity index (χ4v) is 0.933. The number of carboxylic acid groups (broad SMARTS) is 1. The Hall–Kier alpha value is 1.05. The maximum Gasteiger partial charge on any atom is 1.00 e. The first kappa shape index (κ1) is 22.2. The number of hydrogen-bond donors (Lipinski definition) is 2. The van der Waals surface area contributed by atoms with Gasteiger partial charge in [0.1, 0.15) is 0 Å². The van der Waals surface area contributed by atoms with Gasteiger partial charge >= 0.3 is 59.1 Å². The fraction of sp³-hybridized carbons (Fsp3) is 0.600. The third-order valence-corrected chi connectivity index (χ3v) is 2.13. The summed E-state index contributed by atoms with van der Waals surface area (Å²) in [6.07, 6.45) is 0. The van der Waals surface area contributed by atoms with Gasteiger partial charge in [0.25, 0.3) is 0 Å². The molecule has 0 bridgehead atoms. The Morgan fingerprint density at radius 3 is 2.19 bits per heavy atom. The number of carbonyl (C=O) groups is 2. The van der Waals surface area contributed by atoms with E-state index in [2.05, 4.69) is 4.52 Å². The van der Waals surface area contributed by atoms with Crippen molar-refractivity contribution in [1.29, 1.82) is 0 Å². The molecule has 0 saturated carbocycles. The Labute approximate surface area is 137 Å². The van der Waals surface area contributed by atoms with E-state index in [1.54, 1.807) is 5.09 Å². The molecule has 2 N–H and O–H groups in total. The molecular weight excluding hydrogens is 261 g/mol. The van der Waals surface area contributed by atoms with E-state index < -0.39 is 32.7 Å². The van der Waals surface area contributed by atoms with Crippen molar-refractivity contribution in [3.05, 3.63) is 0 Å². The number of nitrogens with one attached hydrogen (secondary N) is 2. The molecule has 0 aliphatic carbocycles. The molecule has 0 saturated heterocycles. The van der Waals surface area contributed by atoms with Crippen molar-refractivity contribution in [1.82, 2.24) is 10.4 Å². The van der Waals surface area contributed by atoms with Gasteiger partial charge in [-0.15, -0.1) is 0 Å². The normalized spacial score (nSPS) is 12.6. The Kier molecular flexibility index (Phi) is 15.5. The van der Waals surface area contributed by atoms with Gasteiger partial charge in [-0.2, -0.15) is 0 Å². The van der Waals surface area contributed by atoms with Crippen LogP contribution in [0.4, 0.5) is 0 Å². The van der Waals surface area contributed by atoms with Crippen molar-refractivity contribution < 1.29 is 87.8 Å². The molecule has 0 aromatic rings. The zero-order valence-corrected chi connectivity index (χ0v) is 14.2. The van der Waals surface area contributed by atoms with E-state index in [1.165, 1.54) is 0 Å². The first-order valence-electron chi connectivity index (χ1n) is 3.46. The molecule has 0 spiro atoms. The van der Waals surface area contributed by atoms with Crippen LogP contribution in [0.1, 0.15) is 0 Å². The molecule has 0 aromatic heterocycles. The van der Waals surface area contributed by atoms with Crippen LogP contribution in [0.25, 0.3) is 0 Å². The van der Waals surface area contributed by atoms with E-state index in [-0.39, 0.29) is 59.1 Å². The predicted molar refractivity (Wildman–Crippen MR) is 40.6 cm³/mol. The molecule has 0 aliphatic rings. The van der Waals surface area contributed by atoms with Crippen molar-refractivity contribution in [2.24, 2.45) is 0 Å². The Morgan fingerprint density at radius 2 is 1.81 bits per heavy atom. The van der Waals surface area contributed by atoms with Crippen molar-refractivity contribution in [3.8, 4) is 0 Å². The summed E-state index contributed by atoms with van der Waals surface area (Å²) in [5.74, 6) is -2.25. The van der Waals surface area contributed by atoms with Gasteiger partial charge in [0.2, 0.25) is 13.7 Å². The number of hydrogen-bond acceptors (Lipinski definition) is 6. The summed E-state index contributed by atoms with van der Waals surface area (Å²) in [5.41, 5.74) is 0. The molecule has 82 valence electrons. The number of amides is 1. The average Bonchev–Trinajstić information content (AvgIpc) is 2.11. The van der Waals surface area contributed by atoms with Crippen LogP contribution >= 0.6 is 7.75 Å². The van der Waals surface area contributed by atoms with Crippen LogP contribution in [0.5, 0.6) is 0 Å². The molecule has 16 heavy (non-hydrogen) atoms. The van der Waals surface area contributed by atoms with E-state index in [4.69, 9.17) is 0 Å². The first-order chi connectivity index (χ1) is 6.37. The largest absolute Gasteiger partial charge is 1.00 e. The molecule has 0 radical (unpaired) electrons. The summed E-state index contributed by atoms with van der Waals surface area (Å²) >= 11 is 0. The predicted octanol–water partition coefficient (Wildman–Crippen LogP) is -9.44. The van der Waals surface area contributed by atoms with Crippen molar-refractivity contribution in [2.45, 2.75) is 0 Å². The third-order valence-electron chi connectivity index (χ3n) is 1.10. The maximum atomic E-state index is 10.7. The van der Waals surface area contributed by atoms with E-state index in [9.17, 15) is 24.2 Å². The molecule has 0 heterocycles. The fourth-order valence-electron chi connectivity index (χ4n) is 0.466. The van der Waals surface area contributed by atoms with Crippen LogP contribution in [0.3, 0.4) is 0 Å². The van der Waals surface area contributed by atoms with Crippen LogP contribution < -0.4 is 79.5 Å². The van der Waals surface area contributed by atoms with Crippen LogP contribution in [-0.4, -0.2) is 32.1 Å². The Morgan fingerprint density at radius 1 is 1.31 bits per heavy atom. The monoisotopic (exact) mass is 270 g/mol. The van der Waals surface area contributed by atoms with Gasteiger partial charge in [-0.25, -0.2) is 5.09 Å². The molecule has 11 heteroatoms. The second-order valence-electron chi connectivity index (χ2n) is 2.16. The van der Waals surface area contributed by atoms with Gasteiger partial charge in [0.15, 0.2) is 0 Å². The summed E-state index contributed by atoms with van der Waals surface area (Å²) in [5, 5.41) is 13.6. The van der Waals surface area contributed by atoms with Gasteiger partial charge in [0, 0.05) is 7.11 Å². The minimum absolute atomic E-state index is 0. The quantitative estimate of drug-likeness (QED) is 0.362. The van der Waals surface area contributed by atoms with Gasteiger partial charge in [0.05, 0.1) is 19.1 Å². The summed E-state index contributed by atoms with van der Waals surface area (Å²) < 4.78 is 14.6. The molecule has 1 amide bonds. The van der Waals surface area contributed by atoms with E-state index >= 15 is 0 Å². The Bertz CT molecular complexity index is 276. The number of carbonyl (C=O) groups excluding carboxylic acids is 2. The van der Waals surface area contributed by atoms with Crippen molar-refractivity contribution in [3.63, 3.8) is 0 Å². The van der Waals surface area contributed by atoms with Crippen LogP contribution in [-0.2, 0) is 18.7 Å². The summed E-state index contributed by atoms with van der Waals surface area (Å²) in [7, 11) is -3.27. The molecule has 0 fully saturated rings. The second kappa shape index (κ2) is 11.2.